The van der Waals surface area contributed by atoms with Crippen molar-refractivity contribution < 1.29 is 4.74 Å². The molecule has 1 fully saturated rings. The summed E-state index contributed by atoms with van der Waals surface area (Å²) in [7, 11) is 1.79. The molecule has 1 aliphatic rings. The number of nitrogens with zero attached hydrogens (tertiary/aromatic N) is 3. The number of nitrogens with one attached hydrogen (secondary N) is 1. The van der Waals surface area contributed by atoms with E-state index in [1.165, 1.54) is 32.4 Å². The van der Waals surface area contributed by atoms with E-state index in [1.54, 1.807) is 13.1 Å². The Hall–Kier alpha value is -1.56. The van der Waals surface area contributed by atoms with Crippen LogP contribution in [0.2, 0.25) is 0 Å². The summed E-state index contributed by atoms with van der Waals surface area (Å²) in [5.74, 6) is 1.44. The molecule has 2 rings (SSSR count). The van der Waals surface area contributed by atoms with Gasteiger partial charge in [0, 0.05) is 19.7 Å². The Labute approximate surface area is 108 Å². The predicted molar refractivity (Wildman–Crippen MR) is 71.8 cm³/mol. The van der Waals surface area contributed by atoms with Crippen LogP contribution in [0, 0.1) is 0 Å². The second-order valence-electron chi connectivity index (χ2n) is 4.45. The summed E-state index contributed by atoms with van der Waals surface area (Å²) in [6, 6.07) is 1.76. The fourth-order valence-electron chi connectivity index (χ4n) is 2.11. The largest absolute Gasteiger partial charge is 0.476 e. The van der Waals surface area contributed by atoms with Gasteiger partial charge in [-0.05, 0) is 25.9 Å². The van der Waals surface area contributed by atoms with Crippen LogP contribution in [0.15, 0.2) is 6.07 Å². The van der Waals surface area contributed by atoms with E-state index in [9.17, 15) is 0 Å². The number of hydrogen-bond donors (Lipinski definition) is 2. The molecule has 18 heavy (non-hydrogen) atoms. The van der Waals surface area contributed by atoms with Crippen LogP contribution in [0.4, 0.5) is 11.8 Å². The highest BCUT2D eigenvalue weighted by Gasteiger charge is 2.10. The highest BCUT2D eigenvalue weighted by atomic mass is 16.5. The first-order chi connectivity index (χ1) is 8.78. The molecule has 0 saturated carbocycles. The molecule has 0 amide bonds. The van der Waals surface area contributed by atoms with Crippen LogP contribution in [0.25, 0.3) is 0 Å². The predicted octanol–water partition coefficient (Wildman–Crippen LogP) is 0.965. The summed E-state index contributed by atoms with van der Waals surface area (Å²) in [6.45, 7) is 3.94. The van der Waals surface area contributed by atoms with Gasteiger partial charge in [-0.1, -0.05) is 6.42 Å². The van der Waals surface area contributed by atoms with Gasteiger partial charge in [0.05, 0.1) is 0 Å². The third-order valence-corrected chi connectivity index (χ3v) is 3.08. The molecule has 3 N–H and O–H groups in total. The van der Waals surface area contributed by atoms with Crippen LogP contribution in [-0.2, 0) is 0 Å². The first kappa shape index (κ1) is 12.9. The Kier molecular flexibility index (Phi) is 4.58. The molecule has 6 heteroatoms. The van der Waals surface area contributed by atoms with Crippen LogP contribution in [-0.4, -0.2) is 48.2 Å². The molecule has 0 aromatic carbocycles. The molecule has 0 aliphatic carbocycles. The number of hydrogen-bond acceptors (Lipinski definition) is 6. The van der Waals surface area contributed by atoms with Crippen LogP contribution in [0.1, 0.15) is 19.3 Å². The van der Waals surface area contributed by atoms with Crippen molar-refractivity contribution in [1.82, 2.24) is 14.9 Å². The Morgan fingerprint density at radius 1 is 1.33 bits per heavy atom. The number of nitrogen functional groups attached to an aromatic ring is 1. The molecule has 0 spiro atoms. The Morgan fingerprint density at radius 2 is 2.11 bits per heavy atom. The third kappa shape index (κ3) is 3.73. The average Bonchev–Trinajstić information content (AvgIpc) is 2.39. The fourth-order valence-corrected chi connectivity index (χ4v) is 2.11. The van der Waals surface area contributed by atoms with E-state index in [-0.39, 0.29) is 5.95 Å². The highest BCUT2D eigenvalue weighted by Crippen LogP contribution is 2.14. The van der Waals surface area contributed by atoms with Gasteiger partial charge in [0.1, 0.15) is 12.4 Å². The summed E-state index contributed by atoms with van der Waals surface area (Å²) in [5, 5.41) is 2.93. The standard InChI is InChI=1S/C12H21N5O/c1-14-10-9-11(16-12(13)15-10)18-8-7-17-5-3-2-4-6-17/h9H,2-8H2,1H3,(H3,13,14,15,16). The fraction of sp³-hybridized carbons (Fsp3) is 0.667. The number of aromatic nitrogens is 2. The van der Waals surface area contributed by atoms with Gasteiger partial charge in [-0.3, -0.25) is 4.90 Å². The lowest BCUT2D eigenvalue weighted by molar-refractivity contribution is 0.180. The molecule has 2 heterocycles. The van der Waals surface area contributed by atoms with Gasteiger partial charge in [-0.25, -0.2) is 0 Å². The normalized spacial score (nSPS) is 16.5. The van der Waals surface area contributed by atoms with Crippen LogP contribution in [0.5, 0.6) is 5.88 Å². The molecule has 1 aliphatic heterocycles. The van der Waals surface area contributed by atoms with Crippen LogP contribution >= 0.6 is 0 Å². The molecule has 0 bridgehead atoms. The maximum absolute atomic E-state index is 5.62. The number of likely N-dealkylation sites (tertiary alicyclic amines) is 1. The van der Waals surface area contributed by atoms with Crippen molar-refractivity contribution in [3.05, 3.63) is 6.07 Å². The van der Waals surface area contributed by atoms with Gasteiger partial charge in [0.15, 0.2) is 0 Å². The van der Waals surface area contributed by atoms with Gasteiger partial charge < -0.3 is 15.8 Å². The molecule has 0 radical (unpaired) electrons. The number of ether oxygens (including phenoxy) is 1. The highest BCUT2D eigenvalue weighted by molar-refractivity contribution is 5.41. The van der Waals surface area contributed by atoms with Crippen molar-refractivity contribution in [3.63, 3.8) is 0 Å². The van der Waals surface area contributed by atoms with Gasteiger partial charge in [-0.15, -0.1) is 0 Å². The van der Waals surface area contributed by atoms with Gasteiger partial charge >= 0.3 is 0 Å². The Bertz CT molecular complexity index is 379. The zero-order valence-electron chi connectivity index (χ0n) is 10.9. The van der Waals surface area contributed by atoms with E-state index in [1.807, 2.05) is 0 Å². The van der Waals surface area contributed by atoms with E-state index in [0.717, 1.165) is 6.54 Å². The summed E-state index contributed by atoms with van der Waals surface area (Å²) < 4.78 is 5.62. The first-order valence-electron chi connectivity index (χ1n) is 6.45. The van der Waals surface area contributed by atoms with E-state index in [4.69, 9.17) is 10.5 Å². The molecule has 100 valence electrons. The number of nitrogens with two attached hydrogens (primary N) is 1. The maximum Gasteiger partial charge on any atom is 0.225 e. The van der Waals surface area contributed by atoms with Crippen LogP contribution in [0.3, 0.4) is 0 Å². The van der Waals surface area contributed by atoms with E-state index in [0.29, 0.717) is 18.3 Å². The van der Waals surface area contributed by atoms with Crippen molar-refractivity contribution in [1.29, 1.82) is 0 Å². The second kappa shape index (κ2) is 6.39. The second-order valence-corrected chi connectivity index (χ2v) is 4.45. The molecule has 0 unspecified atom stereocenters. The first-order valence-corrected chi connectivity index (χ1v) is 6.45. The van der Waals surface area contributed by atoms with E-state index in [2.05, 4.69) is 20.2 Å². The topological polar surface area (TPSA) is 76.3 Å². The summed E-state index contributed by atoms with van der Waals surface area (Å²) in [6.07, 6.45) is 3.94. The lowest BCUT2D eigenvalue weighted by atomic mass is 10.1. The lowest BCUT2D eigenvalue weighted by Gasteiger charge is -2.26. The van der Waals surface area contributed by atoms with Crippen molar-refractivity contribution in [2.45, 2.75) is 19.3 Å². The monoisotopic (exact) mass is 251 g/mol. The summed E-state index contributed by atoms with van der Waals surface area (Å²) in [5.41, 5.74) is 5.60. The maximum atomic E-state index is 5.62. The van der Waals surface area contributed by atoms with Gasteiger partial charge in [-0.2, -0.15) is 9.97 Å². The molecule has 1 aromatic rings. The lowest BCUT2D eigenvalue weighted by Crippen LogP contribution is -2.33. The van der Waals surface area contributed by atoms with Crippen molar-refractivity contribution in [3.8, 4) is 5.88 Å². The third-order valence-electron chi connectivity index (χ3n) is 3.08. The van der Waals surface area contributed by atoms with Crippen LogP contribution < -0.4 is 15.8 Å². The molecule has 0 atom stereocenters. The minimum Gasteiger partial charge on any atom is -0.476 e. The van der Waals surface area contributed by atoms with Gasteiger partial charge in [0.2, 0.25) is 11.8 Å². The zero-order valence-corrected chi connectivity index (χ0v) is 10.9. The zero-order chi connectivity index (χ0) is 12.8. The molecular weight excluding hydrogens is 230 g/mol. The minimum atomic E-state index is 0.231. The summed E-state index contributed by atoms with van der Waals surface area (Å²) in [4.78, 5) is 10.5. The minimum absolute atomic E-state index is 0.231. The number of rotatable bonds is 5. The van der Waals surface area contributed by atoms with E-state index >= 15 is 0 Å². The SMILES string of the molecule is CNc1cc(OCCN2CCCCC2)nc(N)n1. The number of anilines is 2. The number of piperidine rings is 1. The average molecular weight is 251 g/mol. The van der Waals surface area contributed by atoms with Crippen molar-refractivity contribution >= 4 is 11.8 Å². The van der Waals surface area contributed by atoms with E-state index < -0.39 is 0 Å². The Morgan fingerprint density at radius 3 is 2.83 bits per heavy atom. The smallest absolute Gasteiger partial charge is 0.225 e. The van der Waals surface area contributed by atoms with Gasteiger partial charge in [0.25, 0.3) is 0 Å². The molecule has 6 nitrogen and oxygen atoms in total. The molecular formula is C12H21N5O. The Balaban J connectivity index is 1.80. The molecule has 1 aromatic heterocycles. The quantitative estimate of drug-likeness (QED) is 0.812. The molecule has 1 saturated heterocycles. The van der Waals surface area contributed by atoms with Crippen molar-refractivity contribution in [2.75, 3.05) is 44.3 Å². The summed E-state index contributed by atoms with van der Waals surface area (Å²) >= 11 is 0. The van der Waals surface area contributed by atoms with Crippen molar-refractivity contribution in [2.24, 2.45) is 0 Å².